The summed E-state index contributed by atoms with van der Waals surface area (Å²) >= 11 is 3.40. The van der Waals surface area contributed by atoms with Crippen LogP contribution in [0.1, 0.15) is 16.1 Å². The fraction of sp³-hybridized carbons (Fsp3) is 0.0667. The van der Waals surface area contributed by atoms with Gasteiger partial charge in [-0.1, -0.05) is 40.2 Å². The zero-order valence-corrected chi connectivity index (χ0v) is 12.4. The van der Waals surface area contributed by atoms with E-state index in [-0.39, 0.29) is 5.91 Å². The molecule has 0 aliphatic rings. The van der Waals surface area contributed by atoms with E-state index in [4.69, 9.17) is 0 Å². The van der Waals surface area contributed by atoms with Crippen molar-refractivity contribution in [3.8, 4) is 0 Å². The van der Waals surface area contributed by atoms with Gasteiger partial charge in [0.2, 0.25) is 0 Å². The van der Waals surface area contributed by atoms with Gasteiger partial charge in [-0.15, -0.1) is 0 Å². The number of H-pyrrole nitrogens is 1. The van der Waals surface area contributed by atoms with Crippen LogP contribution in [0.25, 0.3) is 10.9 Å². The number of aromatic amines is 1. The SMILES string of the molecule is Cc1ccc(Br)cc1NC(=O)c1n[nH]c2ccccc12. The number of rotatable bonds is 2. The summed E-state index contributed by atoms with van der Waals surface area (Å²) < 4.78 is 0.922. The van der Waals surface area contributed by atoms with Crippen LogP contribution in [-0.4, -0.2) is 16.1 Å². The number of halogens is 1. The molecule has 1 heterocycles. The summed E-state index contributed by atoms with van der Waals surface area (Å²) in [6, 6.07) is 13.3. The minimum absolute atomic E-state index is 0.219. The highest BCUT2D eigenvalue weighted by Gasteiger charge is 2.14. The van der Waals surface area contributed by atoms with Crippen molar-refractivity contribution in [2.75, 3.05) is 5.32 Å². The van der Waals surface area contributed by atoms with Gasteiger partial charge in [-0.25, -0.2) is 0 Å². The van der Waals surface area contributed by atoms with Gasteiger partial charge < -0.3 is 5.32 Å². The average Bonchev–Trinajstić information content (AvgIpc) is 2.87. The molecule has 100 valence electrons. The van der Waals surface area contributed by atoms with Crippen molar-refractivity contribution < 1.29 is 4.79 Å². The molecule has 0 aliphatic heterocycles. The Labute approximate surface area is 124 Å². The zero-order valence-electron chi connectivity index (χ0n) is 10.8. The second-order valence-corrected chi connectivity index (χ2v) is 5.45. The van der Waals surface area contributed by atoms with Crippen molar-refractivity contribution in [1.82, 2.24) is 10.2 Å². The third-order valence-electron chi connectivity index (χ3n) is 3.13. The van der Waals surface area contributed by atoms with E-state index in [0.717, 1.165) is 26.6 Å². The highest BCUT2D eigenvalue weighted by atomic mass is 79.9. The van der Waals surface area contributed by atoms with E-state index in [1.165, 1.54) is 0 Å². The number of amides is 1. The minimum atomic E-state index is -0.219. The van der Waals surface area contributed by atoms with Crippen LogP contribution in [0, 0.1) is 6.92 Å². The maximum atomic E-state index is 12.3. The van der Waals surface area contributed by atoms with Crippen molar-refractivity contribution in [2.24, 2.45) is 0 Å². The number of nitrogens with zero attached hydrogens (tertiary/aromatic N) is 1. The monoisotopic (exact) mass is 329 g/mol. The Morgan fingerprint density at radius 1 is 1.25 bits per heavy atom. The van der Waals surface area contributed by atoms with Gasteiger partial charge in [-0.2, -0.15) is 5.10 Å². The first-order valence-corrected chi connectivity index (χ1v) is 6.95. The number of aromatic nitrogens is 2. The van der Waals surface area contributed by atoms with Gasteiger partial charge in [-0.3, -0.25) is 9.89 Å². The Balaban J connectivity index is 1.95. The number of aryl methyl sites for hydroxylation is 1. The molecule has 1 aromatic heterocycles. The van der Waals surface area contributed by atoms with E-state index in [0.29, 0.717) is 5.69 Å². The molecule has 0 fully saturated rings. The van der Waals surface area contributed by atoms with E-state index in [1.807, 2.05) is 49.4 Å². The fourth-order valence-corrected chi connectivity index (χ4v) is 2.41. The second kappa shape index (κ2) is 5.09. The van der Waals surface area contributed by atoms with Crippen LogP contribution in [-0.2, 0) is 0 Å². The standard InChI is InChI=1S/C15H12BrN3O/c1-9-6-7-10(16)8-13(9)17-15(20)14-11-4-2-3-5-12(11)18-19-14/h2-8H,1H3,(H,17,20)(H,18,19). The van der Waals surface area contributed by atoms with Gasteiger partial charge >= 0.3 is 0 Å². The Morgan fingerprint density at radius 2 is 2.05 bits per heavy atom. The summed E-state index contributed by atoms with van der Waals surface area (Å²) in [5, 5.41) is 10.7. The Morgan fingerprint density at radius 3 is 2.90 bits per heavy atom. The van der Waals surface area contributed by atoms with Crippen molar-refractivity contribution >= 4 is 38.4 Å². The number of benzene rings is 2. The lowest BCUT2D eigenvalue weighted by Gasteiger charge is -2.07. The summed E-state index contributed by atoms with van der Waals surface area (Å²) in [6.07, 6.45) is 0. The number of hydrogen-bond donors (Lipinski definition) is 2. The largest absolute Gasteiger partial charge is 0.320 e. The highest BCUT2D eigenvalue weighted by molar-refractivity contribution is 9.10. The van der Waals surface area contributed by atoms with Gasteiger partial charge in [-0.05, 0) is 30.7 Å². The number of fused-ring (bicyclic) bond motifs is 1. The van der Waals surface area contributed by atoms with E-state index in [2.05, 4.69) is 31.4 Å². The topological polar surface area (TPSA) is 57.8 Å². The van der Waals surface area contributed by atoms with E-state index < -0.39 is 0 Å². The molecule has 0 spiro atoms. The third-order valence-corrected chi connectivity index (χ3v) is 3.63. The number of carbonyl (C=O) groups excluding carboxylic acids is 1. The first kappa shape index (κ1) is 12.9. The lowest BCUT2D eigenvalue weighted by Crippen LogP contribution is -2.13. The van der Waals surface area contributed by atoms with Crippen molar-refractivity contribution in [3.63, 3.8) is 0 Å². The van der Waals surface area contributed by atoms with Crippen molar-refractivity contribution in [1.29, 1.82) is 0 Å². The van der Waals surface area contributed by atoms with Crippen LogP contribution in [0.3, 0.4) is 0 Å². The molecule has 0 atom stereocenters. The fourth-order valence-electron chi connectivity index (χ4n) is 2.05. The number of nitrogens with one attached hydrogen (secondary N) is 2. The normalized spacial score (nSPS) is 10.7. The van der Waals surface area contributed by atoms with Crippen LogP contribution in [0.5, 0.6) is 0 Å². The molecule has 3 aromatic rings. The molecule has 0 radical (unpaired) electrons. The average molecular weight is 330 g/mol. The molecule has 1 amide bonds. The van der Waals surface area contributed by atoms with Crippen LogP contribution in [0.4, 0.5) is 5.69 Å². The van der Waals surface area contributed by atoms with E-state index in [9.17, 15) is 4.79 Å². The van der Waals surface area contributed by atoms with Crippen LogP contribution in [0.15, 0.2) is 46.9 Å². The first-order chi connectivity index (χ1) is 9.65. The highest BCUT2D eigenvalue weighted by Crippen LogP contribution is 2.22. The Bertz CT molecular complexity index is 795. The molecule has 2 N–H and O–H groups in total. The molecule has 4 nitrogen and oxygen atoms in total. The molecule has 3 rings (SSSR count). The van der Waals surface area contributed by atoms with Gasteiger partial charge in [0.1, 0.15) is 0 Å². The first-order valence-electron chi connectivity index (χ1n) is 6.16. The van der Waals surface area contributed by atoms with Crippen LogP contribution < -0.4 is 5.32 Å². The van der Waals surface area contributed by atoms with Gasteiger partial charge in [0.25, 0.3) is 5.91 Å². The molecule has 0 unspecified atom stereocenters. The Kier molecular flexibility index (Phi) is 3.28. The lowest BCUT2D eigenvalue weighted by atomic mass is 10.1. The predicted octanol–water partition coefficient (Wildman–Crippen LogP) is 3.89. The minimum Gasteiger partial charge on any atom is -0.320 e. The van der Waals surface area contributed by atoms with E-state index in [1.54, 1.807) is 0 Å². The molecule has 0 aliphatic carbocycles. The lowest BCUT2D eigenvalue weighted by molar-refractivity contribution is 0.102. The summed E-state index contributed by atoms with van der Waals surface area (Å²) in [7, 11) is 0. The summed E-state index contributed by atoms with van der Waals surface area (Å²) in [5.74, 6) is -0.219. The molecule has 2 aromatic carbocycles. The van der Waals surface area contributed by atoms with Gasteiger partial charge in [0, 0.05) is 15.5 Å². The molecular formula is C15H12BrN3O. The number of carbonyl (C=O) groups is 1. The molecule has 20 heavy (non-hydrogen) atoms. The van der Waals surface area contributed by atoms with Crippen molar-refractivity contribution in [3.05, 3.63) is 58.2 Å². The number of hydrogen-bond acceptors (Lipinski definition) is 2. The van der Waals surface area contributed by atoms with E-state index >= 15 is 0 Å². The molecule has 5 heteroatoms. The maximum absolute atomic E-state index is 12.3. The smallest absolute Gasteiger partial charge is 0.276 e. The third kappa shape index (κ3) is 2.32. The number of para-hydroxylation sites is 1. The second-order valence-electron chi connectivity index (χ2n) is 4.53. The van der Waals surface area contributed by atoms with Crippen LogP contribution in [0.2, 0.25) is 0 Å². The van der Waals surface area contributed by atoms with Gasteiger partial charge in [0.15, 0.2) is 5.69 Å². The molecule has 0 saturated heterocycles. The van der Waals surface area contributed by atoms with Crippen molar-refractivity contribution in [2.45, 2.75) is 6.92 Å². The summed E-state index contributed by atoms with van der Waals surface area (Å²) in [6.45, 7) is 1.95. The maximum Gasteiger partial charge on any atom is 0.276 e. The molecular weight excluding hydrogens is 318 g/mol. The molecule has 0 bridgehead atoms. The Hall–Kier alpha value is -2.14. The van der Waals surface area contributed by atoms with Crippen LogP contribution >= 0.6 is 15.9 Å². The summed E-state index contributed by atoms with van der Waals surface area (Å²) in [5.41, 5.74) is 3.03. The zero-order chi connectivity index (χ0) is 14.1. The quantitative estimate of drug-likeness (QED) is 0.749. The van der Waals surface area contributed by atoms with Gasteiger partial charge in [0.05, 0.1) is 5.52 Å². The molecule has 0 saturated carbocycles. The summed E-state index contributed by atoms with van der Waals surface area (Å²) in [4.78, 5) is 12.3. The predicted molar refractivity (Wildman–Crippen MR) is 82.9 cm³/mol. The number of anilines is 1.